The highest BCUT2D eigenvalue weighted by molar-refractivity contribution is 5.31. The molecule has 2 aliphatic carbocycles. The molecule has 19 heavy (non-hydrogen) atoms. The molecule has 108 valence electrons. The summed E-state index contributed by atoms with van der Waals surface area (Å²) >= 11 is 0. The molecule has 1 unspecified atom stereocenters. The van der Waals surface area contributed by atoms with Gasteiger partial charge in [0, 0.05) is 14.1 Å². The van der Waals surface area contributed by atoms with Crippen LogP contribution in [0.5, 0.6) is 0 Å². The van der Waals surface area contributed by atoms with Crippen LogP contribution in [0.2, 0.25) is 0 Å². The first-order valence-corrected chi connectivity index (χ1v) is 7.38. The third-order valence-electron chi connectivity index (χ3n) is 4.83. The van der Waals surface area contributed by atoms with Crippen molar-refractivity contribution in [3.63, 3.8) is 0 Å². The van der Waals surface area contributed by atoms with E-state index in [9.17, 15) is 0 Å². The lowest BCUT2D eigenvalue weighted by Crippen LogP contribution is -2.42. The van der Waals surface area contributed by atoms with Crippen LogP contribution >= 0.6 is 0 Å². The minimum Gasteiger partial charge on any atom is -0.267 e. The summed E-state index contributed by atoms with van der Waals surface area (Å²) in [6.07, 6.45) is 4.52. The van der Waals surface area contributed by atoms with Gasteiger partial charge in [-0.2, -0.15) is 0 Å². The fourth-order valence-electron chi connectivity index (χ4n) is 3.83. The van der Waals surface area contributed by atoms with Crippen LogP contribution in [0.3, 0.4) is 0 Å². The normalized spacial score (nSPS) is 34.8. The Hall–Kier alpha value is -0.870. The molecule has 0 radical (unpaired) electrons. The standard InChI is InChI=1S/C15H28N4/c1-10(2)15-11-6-8-13(17-3)14(9-7-12(11)15)19(16)18(4)5/h10-12,15H,3,6-9,16H2,1-2,4-5H3/b14-13-/t11-,12+,15?/m0/s1. The van der Waals surface area contributed by atoms with Crippen LogP contribution in [0.4, 0.5) is 0 Å². The largest absolute Gasteiger partial charge is 0.267 e. The molecule has 0 bridgehead atoms. The quantitative estimate of drug-likeness (QED) is 0.482. The zero-order valence-electron chi connectivity index (χ0n) is 12.8. The lowest BCUT2D eigenvalue weighted by Gasteiger charge is -2.30. The van der Waals surface area contributed by atoms with Crippen LogP contribution in [0.25, 0.3) is 0 Å². The van der Waals surface area contributed by atoms with E-state index in [1.165, 1.54) is 12.8 Å². The Morgan fingerprint density at radius 1 is 1.21 bits per heavy atom. The predicted octanol–water partition coefficient (Wildman–Crippen LogP) is 2.64. The van der Waals surface area contributed by atoms with E-state index < -0.39 is 0 Å². The van der Waals surface area contributed by atoms with Crippen molar-refractivity contribution in [2.45, 2.75) is 39.5 Å². The van der Waals surface area contributed by atoms with Gasteiger partial charge < -0.3 is 0 Å². The van der Waals surface area contributed by atoms with Gasteiger partial charge >= 0.3 is 0 Å². The van der Waals surface area contributed by atoms with Gasteiger partial charge in [0.15, 0.2) is 0 Å². The molecule has 0 spiro atoms. The van der Waals surface area contributed by atoms with Gasteiger partial charge in [0.2, 0.25) is 0 Å². The van der Waals surface area contributed by atoms with Crippen molar-refractivity contribution in [2.24, 2.45) is 34.5 Å². The Bertz CT molecular complexity index is 372. The maximum Gasteiger partial charge on any atom is 0.0690 e. The molecular weight excluding hydrogens is 236 g/mol. The first-order valence-electron chi connectivity index (χ1n) is 7.38. The van der Waals surface area contributed by atoms with Crippen molar-refractivity contribution >= 4 is 6.72 Å². The minimum absolute atomic E-state index is 0.805. The van der Waals surface area contributed by atoms with Crippen LogP contribution in [-0.4, -0.2) is 30.9 Å². The summed E-state index contributed by atoms with van der Waals surface area (Å²) in [6.45, 7) is 8.44. The molecule has 0 saturated heterocycles. The molecule has 0 aromatic heterocycles. The summed E-state index contributed by atoms with van der Waals surface area (Å²) in [5, 5.41) is 3.64. The Morgan fingerprint density at radius 3 is 2.26 bits per heavy atom. The van der Waals surface area contributed by atoms with E-state index in [4.69, 9.17) is 5.84 Å². The van der Waals surface area contributed by atoms with Crippen molar-refractivity contribution in [3.05, 3.63) is 11.4 Å². The lowest BCUT2D eigenvalue weighted by atomic mass is 10.0. The van der Waals surface area contributed by atoms with E-state index in [0.717, 1.165) is 47.9 Å². The van der Waals surface area contributed by atoms with E-state index in [-0.39, 0.29) is 0 Å². The third-order valence-corrected chi connectivity index (χ3v) is 4.83. The first-order chi connectivity index (χ1) is 8.97. The molecule has 1 saturated carbocycles. The highest BCUT2D eigenvalue weighted by atomic mass is 15.7. The van der Waals surface area contributed by atoms with Crippen molar-refractivity contribution in [1.82, 2.24) is 10.1 Å². The van der Waals surface area contributed by atoms with Crippen LogP contribution in [0.1, 0.15) is 39.5 Å². The molecule has 4 heteroatoms. The second kappa shape index (κ2) is 5.63. The number of nitrogens with zero attached hydrogens (tertiary/aromatic N) is 3. The molecule has 0 aromatic rings. The van der Waals surface area contributed by atoms with Crippen LogP contribution in [-0.2, 0) is 0 Å². The maximum atomic E-state index is 6.14. The summed E-state index contributed by atoms with van der Waals surface area (Å²) in [5.41, 5.74) is 2.23. The maximum absolute atomic E-state index is 6.14. The first kappa shape index (κ1) is 14.5. The lowest BCUT2D eigenvalue weighted by molar-refractivity contribution is 0.0580. The van der Waals surface area contributed by atoms with Crippen LogP contribution < -0.4 is 5.84 Å². The third kappa shape index (κ3) is 2.84. The second-order valence-electron chi connectivity index (χ2n) is 6.47. The number of hydrogen-bond acceptors (Lipinski definition) is 4. The fraction of sp³-hybridized carbons (Fsp3) is 0.800. The van der Waals surface area contributed by atoms with Gasteiger partial charge in [-0.05, 0) is 56.1 Å². The topological polar surface area (TPSA) is 44.9 Å². The second-order valence-corrected chi connectivity index (χ2v) is 6.47. The molecule has 0 aromatic carbocycles. The van der Waals surface area contributed by atoms with Crippen molar-refractivity contribution in [2.75, 3.05) is 14.1 Å². The molecule has 2 rings (SSSR count). The Balaban J connectivity index is 2.12. The van der Waals surface area contributed by atoms with Gasteiger partial charge in [-0.1, -0.05) is 13.8 Å². The van der Waals surface area contributed by atoms with Crippen LogP contribution in [0.15, 0.2) is 16.4 Å². The van der Waals surface area contributed by atoms with Crippen LogP contribution in [0, 0.1) is 23.7 Å². The van der Waals surface area contributed by atoms with E-state index in [2.05, 4.69) is 25.6 Å². The smallest absolute Gasteiger partial charge is 0.0690 e. The summed E-state index contributed by atoms with van der Waals surface area (Å²) in [4.78, 5) is 4.24. The Labute approximate surface area is 117 Å². The molecule has 3 atom stereocenters. The van der Waals surface area contributed by atoms with E-state index in [1.54, 1.807) is 5.12 Å². The van der Waals surface area contributed by atoms with Gasteiger partial charge in [0.1, 0.15) is 0 Å². The van der Waals surface area contributed by atoms with E-state index >= 15 is 0 Å². The molecule has 0 heterocycles. The molecule has 0 aliphatic heterocycles. The highest BCUT2D eigenvalue weighted by Crippen LogP contribution is 2.57. The van der Waals surface area contributed by atoms with Crippen molar-refractivity contribution < 1.29 is 0 Å². The average molecular weight is 264 g/mol. The zero-order valence-corrected chi connectivity index (χ0v) is 12.8. The zero-order chi connectivity index (χ0) is 14.2. The Kier molecular flexibility index (Phi) is 4.31. The van der Waals surface area contributed by atoms with Gasteiger partial charge in [0.25, 0.3) is 0 Å². The summed E-state index contributed by atoms with van der Waals surface area (Å²) in [5.74, 6) is 9.67. The van der Waals surface area contributed by atoms with Crippen molar-refractivity contribution in [3.8, 4) is 0 Å². The number of hydrazine groups is 2. The van der Waals surface area contributed by atoms with E-state index in [1.807, 2.05) is 19.1 Å². The average Bonchev–Trinajstić information content (AvgIpc) is 3.01. The molecule has 0 amide bonds. The number of nitrogens with two attached hydrogens (primary N) is 1. The Morgan fingerprint density at radius 2 is 1.79 bits per heavy atom. The molecule has 2 N–H and O–H groups in total. The van der Waals surface area contributed by atoms with Gasteiger partial charge in [-0.15, -0.1) is 0 Å². The number of allylic oxidation sites excluding steroid dienone is 2. The van der Waals surface area contributed by atoms with Gasteiger partial charge in [0.05, 0.1) is 11.4 Å². The molecule has 4 nitrogen and oxygen atoms in total. The predicted molar refractivity (Wildman–Crippen MR) is 80.1 cm³/mol. The van der Waals surface area contributed by atoms with E-state index in [0.29, 0.717) is 0 Å². The van der Waals surface area contributed by atoms with Crippen molar-refractivity contribution in [1.29, 1.82) is 0 Å². The SMILES string of the molecule is C=N/C1=C(\N(N)N(C)C)CC[C@H]2C(C(C)C)[C@H]2CC1. The number of hydrogen-bond donors (Lipinski definition) is 1. The molecule has 2 aliphatic rings. The molecule has 1 fully saturated rings. The highest BCUT2D eigenvalue weighted by Gasteiger charge is 2.50. The summed E-state index contributed by atoms with van der Waals surface area (Å²) in [6, 6.07) is 0. The van der Waals surface area contributed by atoms with Gasteiger partial charge in [-0.3, -0.25) is 4.99 Å². The minimum atomic E-state index is 0.805. The summed E-state index contributed by atoms with van der Waals surface area (Å²) in [7, 11) is 3.92. The fourth-order valence-corrected chi connectivity index (χ4v) is 3.83. The summed E-state index contributed by atoms with van der Waals surface area (Å²) < 4.78 is 0. The molecular formula is C15H28N4. The number of fused-ring (bicyclic) bond motifs is 1. The number of rotatable bonds is 4. The monoisotopic (exact) mass is 264 g/mol. The number of aliphatic imine (C=N–C) groups is 1. The van der Waals surface area contributed by atoms with Gasteiger partial charge in [-0.25, -0.2) is 16.0 Å².